The largest absolute Gasteiger partial charge is 0.396 e. The van der Waals surface area contributed by atoms with Crippen LogP contribution in [0.5, 0.6) is 0 Å². The number of aliphatic hydroxyl groups excluding tert-OH is 1. The summed E-state index contributed by atoms with van der Waals surface area (Å²) >= 11 is 1.79. The molecule has 2 nitrogen and oxygen atoms in total. The van der Waals surface area contributed by atoms with Crippen LogP contribution in [0.4, 0.5) is 0 Å². The third kappa shape index (κ3) is 4.41. The van der Waals surface area contributed by atoms with E-state index in [9.17, 15) is 5.11 Å². The molecule has 0 aliphatic carbocycles. The number of aliphatic hydroxyl groups is 1. The molecule has 0 amide bonds. The lowest BCUT2D eigenvalue weighted by atomic mass is 9.75. The number of benzene rings is 2. The highest BCUT2D eigenvalue weighted by atomic mass is 32.2. The van der Waals surface area contributed by atoms with Crippen molar-refractivity contribution in [3.8, 4) is 0 Å². The zero-order valence-corrected chi connectivity index (χ0v) is 15.3. The van der Waals surface area contributed by atoms with Gasteiger partial charge in [0.05, 0.1) is 6.61 Å². The molecule has 0 bridgehead atoms. The van der Waals surface area contributed by atoms with Crippen LogP contribution in [0.1, 0.15) is 24.0 Å². The highest BCUT2D eigenvalue weighted by Crippen LogP contribution is 2.34. The van der Waals surface area contributed by atoms with Crippen LogP contribution in [0.2, 0.25) is 0 Å². The van der Waals surface area contributed by atoms with E-state index in [1.165, 1.54) is 16.0 Å². The lowest BCUT2D eigenvalue weighted by Crippen LogP contribution is -2.46. The number of thioether (sulfide) groups is 1. The lowest BCUT2D eigenvalue weighted by Gasteiger charge is -2.42. The number of piperidine rings is 1. The fourth-order valence-electron chi connectivity index (χ4n) is 3.83. The predicted molar refractivity (Wildman–Crippen MR) is 102 cm³/mol. The molecule has 1 saturated heterocycles. The summed E-state index contributed by atoms with van der Waals surface area (Å²) in [5.41, 5.74) is 2.70. The van der Waals surface area contributed by atoms with Crippen LogP contribution in [-0.4, -0.2) is 36.0 Å². The van der Waals surface area contributed by atoms with Crippen molar-refractivity contribution in [1.82, 2.24) is 4.90 Å². The van der Waals surface area contributed by atoms with Crippen molar-refractivity contribution in [2.45, 2.75) is 30.7 Å². The fourth-order valence-corrected chi connectivity index (χ4v) is 4.32. The van der Waals surface area contributed by atoms with Crippen molar-refractivity contribution in [3.63, 3.8) is 0 Å². The molecule has 0 aromatic heterocycles. The average molecular weight is 342 g/mol. The van der Waals surface area contributed by atoms with Gasteiger partial charge in [0.1, 0.15) is 0 Å². The molecule has 128 valence electrons. The first kappa shape index (κ1) is 17.5. The second-order valence-corrected chi connectivity index (χ2v) is 7.87. The smallest absolute Gasteiger partial charge is 0.0502 e. The Morgan fingerprint density at radius 1 is 1.08 bits per heavy atom. The fraction of sp³-hybridized carbons (Fsp3) is 0.429. The van der Waals surface area contributed by atoms with Crippen molar-refractivity contribution >= 4 is 11.8 Å². The molecule has 1 heterocycles. The molecule has 1 aliphatic heterocycles. The molecule has 1 atom stereocenters. The van der Waals surface area contributed by atoms with E-state index >= 15 is 0 Å². The molecular formula is C21H27NOS. The molecule has 1 N–H and O–H groups in total. The molecule has 0 saturated carbocycles. The molecule has 3 heteroatoms. The summed E-state index contributed by atoms with van der Waals surface area (Å²) in [5, 5.41) is 10.1. The standard InChI is InChI=1S/C21H27NOS/c1-24-20-10-5-9-19(13-20)15-22-12-6-11-21(16-22,17-23)14-18-7-3-2-4-8-18/h2-5,7-10,13,23H,6,11-12,14-17H2,1H3/t21-/m0/s1. The topological polar surface area (TPSA) is 23.5 Å². The van der Waals surface area contributed by atoms with Crippen LogP contribution in [0.3, 0.4) is 0 Å². The van der Waals surface area contributed by atoms with Gasteiger partial charge in [-0.1, -0.05) is 42.5 Å². The number of likely N-dealkylation sites (tertiary alicyclic amines) is 1. The van der Waals surface area contributed by atoms with Crippen molar-refractivity contribution in [2.24, 2.45) is 5.41 Å². The minimum atomic E-state index is -0.00325. The Morgan fingerprint density at radius 3 is 2.62 bits per heavy atom. The molecule has 2 aromatic rings. The van der Waals surface area contributed by atoms with E-state index in [4.69, 9.17) is 0 Å². The average Bonchev–Trinajstić information content (AvgIpc) is 2.63. The van der Waals surface area contributed by atoms with Crippen LogP contribution in [0, 0.1) is 5.41 Å². The highest BCUT2D eigenvalue weighted by Gasteiger charge is 2.35. The summed E-state index contributed by atoms with van der Waals surface area (Å²) in [6.45, 7) is 3.34. The Balaban J connectivity index is 1.69. The summed E-state index contributed by atoms with van der Waals surface area (Å²) in [6.07, 6.45) is 5.36. The van der Waals surface area contributed by atoms with Crippen LogP contribution in [0.25, 0.3) is 0 Å². The second kappa shape index (κ2) is 8.19. The van der Waals surface area contributed by atoms with Gasteiger partial charge in [-0.3, -0.25) is 4.90 Å². The molecule has 1 fully saturated rings. The first-order valence-corrected chi connectivity index (χ1v) is 9.96. The summed E-state index contributed by atoms with van der Waals surface area (Å²) in [5.74, 6) is 0. The van der Waals surface area contributed by atoms with Gasteiger partial charge < -0.3 is 5.11 Å². The third-order valence-corrected chi connectivity index (χ3v) is 5.76. The second-order valence-electron chi connectivity index (χ2n) is 6.99. The van der Waals surface area contributed by atoms with Crippen molar-refractivity contribution in [3.05, 3.63) is 65.7 Å². The molecular weight excluding hydrogens is 314 g/mol. The number of rotatable bonds is 6. The molecule has 24 heavy (non-hydrogen) atoms. The SMILES string of the molecule is CSc1cccc(CN2CCC[C@](CO)(Cc3ccccc3)C2)c1. The number of hydrogen-bond acceptors (Lipinski definition) is 3. The minimum Gasteiger partial charge on any atom is -0.396 e. The van der Waals surface area contributed by atoms with E-state index in [0.29, 0.717) is 0 Å². The molecule has 1 aliphatic rings. The Labute approximate surface area is 149 Å². The van der Waals surface area contributed by atoms with Crippen LogP contribution in [-0.2, 0) is 13.0 Å². The zero-order valence-electron chi connectivity index (χ0n) is 14.4. The van der Waals surface area contributed by atoms with E-state index in [2.05, 4.69) is 65.8 Å². The summed E-state index contributed by atoms with van der Waals surface area (Å²) in [6, 6.07) is 19.4. The van der Waals surface area contributed by atoms with Crippen molar-refractivity contribution < 1.29 is 5.11 Å². The summed E-state index contributed by atoms with van der Waals surface area (Å²) in [7, 11) is 0. The third-order valence-electron chi connectivity index (χ3n) is 5.04. The minimum absolute atomic E-state index is 0.00325. The van der Waals surface area contributed by atoms with E-state index < -0.39 is 0 Å². The van der Waals surface area contributed by atoms with Gasteiger partial charge in [0.15, 0.2) is 0 Å². The predicted octanol–water partition coefficient (Wildman–Crippen LogP) is 4.23. The van der Waals surface area contributed by atoms with Gasteiger partial charge in [-0.05, 0) is 55.3 Å². The first-order valence-electron chi connectivity index (χ1n) is 8.73. The van der Waals surface area contributed by atoms with E-state index in [1.54, 1.807) is 11.8 Å². The van der Waals surface area contributed by atoms with E-state index in [0.717, 1.165) is 38.9 Å². The summed E-state index contributed by atoms with van der Waals surface area (Å²) in [4.78, 5) is 3.84. The van der Waals surface area contributed by atoms with Gasteiger partial charge in [-0.25, -0.2) is 0 Å². The Kier molecular flexibility index (Phi) is 5.99. The first-order chi connectivity index (χ1) is 11.7. The molecule has 3 rings (SSSR count). The monoisotopic (exact) mass is 341 g/mol. The number of nitrogens with zero attached hydrogens (tertiary/aromatic N) is 1. The van der Waals surface area contributed by atoms with Crippen molar-refractivity contribution in [2.75, 3.05) is 26.0 Å². The lowest BCUT2D eigenvalue weighted by molar-refractivity contribution is 0.0288. The van der Waals surface area contributed by atoms with E-state index in [1.807, 2.05) is 0 Å². The van der Waals surface area contributed by atoms with Gasteiger partial charge in [0, 0.05) is 23.4 Å². The van der Waals surface area contributed by atoms with Gasteiger partial charge in [-0.2, -0.15) is 0 Å². The maximum absolute atomic E-state index is 10.1. The Morgan fingerprint density at radius 2 is 1.88 bits per heavy atom. The quantitative estimate of drug-likeness (QED) is 0.796. The van der Waals surface area contributed by atoms with Crippen LogP contribution < -0.4 is 0 Å². The van der Waals surface area contributed by atoms with Gasteiger partial charge >= 0.3 is 0 Å². The maximum Gasteiger partial charge on any atom is 0.0502 e. The van der Waals surface area contributed by atoms with Gasteiger partial charge in [0.25, 0.3) is 0 Å². The normalized spacial score (nSPS) is 21.8. The van der Waals surface area contributed by atoms with Crippen LogP contribution >= 0.6 is 11.8 Å². The molecule has 0 radical (unpaired) electrons. The van der Waals surface area contributed by atoms with Crippen molar-refractivity contribution in [1.29, 1.82) is 0 Å². The van der Waals surface area contributed by atoms with Gasteiger partial charge in [-0.15, -0.1) is 11.8 Å². The number of hydrogen-bond donors (Lipinski definition) is 1. The van der Waals surface area contributed by atoms with Crippen LogP contribution in [0.15, 0.2) is 59.5 Å². The summed E-state index contributed by atoms with van der Waals surface area (Å²) < 4.78 is 0. The highest BCUT2D eigenvalue weighted by molar-refractivity contribution is 7.98. The molecule has 0 unspecified atom stereocenters. The Bertz CT molecular complexity index is 645. The molecule has 0 spiro atoms. The van der Waals surface area contributed by atoms with E-state index in [-0.39, 0.29) is 12.0 Å². The molecule has 2 aromatic carbocycles. The van der Waals surface area contributed by atoms with Gasteiger partial charge in [0.2, 0.25) is 0 Å². The maximum atomic E-state index is 10.1. The Hall–Kier alpha value is -1.29. The zero-order chi connectivity index (χ0) is 16.8.